The van der Waals surface area contributed by atoms with E-state index in [4.69, 9.17) is 23.2 Å². The molecule has 0 saturated carbocycles. The summed E-state index contributed by atoms with van der Waals surface area (Å²) in [5.74, 6) is 0. The fourth-order valence-electron chi connectivity index (χ4n) is 1.50. The van der Waals surface area contributed by atoms with E-state index in [0.29, 0.717) is 11.4 Å². The average molecular weight is 280 g/mol. The lowest BCUT2D eigenvalue weighted by Gasteiger charge is -2.04. The highest BCUT2D eigenvalue weighted by Gasteiger charge is 2.08. The zero-order chi connectivity index (χ0) is 10.8. The number of carbonyl (C=O) groups excluding carboxylic acids is 1. The Hall–Kier alpha value is -0.770. The Labute approximate surface area is 109 Å². The number of rotatable bonds is 3. The SMILES string of the molecule is Cl.O=C(Cl)CCc1c(Cl)ccn2cncc12. The van der Waals surface area contributed by atoms with Crippen molar-refractivity contribution in [2.24, 2.45) is 0 Å². The standard InChI is InChI=1S/C10H8Cl2N2O.ClH/c11-8-3-4-14-6-13-5-9(14)7(8)1-2-10(12)15;/h3-6H,1-2H2;1H. The molecule has 2 rings (SSSR count). The van der Waals surface area contributed by atoms with Crippen molar-refractivity contribution in [2.45, 2.75) is 12.8 Å². The maximum absolute atomic E-state index is 10.7. The van der Waals surface area contributed by atoms with E-state index in [1.54, 1.807) is 18.6 Å². The lowest BCUT2D eigenvalue weighted by molar-refractivity contribution is -0.111. The molecule has 2 aromatic rings. The molecule has 0 fully saturated rings. The smallest absolute Gasteiger partial charge is 0.221 e. The second-order valence-corrected chi connectivity index (χ2v) is 4.01. The van der Waals surface area contributed by atoms with E-state index >= 15 is 0 Å². The minimum Gasteiger partial charge on any atom is -0.306 e. The largest absolute Gasteiger partial charge is 0.306 e. The number of nitrogens with zero attached hydrogens (tertiary/aromatic N) is 2. The third kappa shape index (κ3) is 2.67. The Balaban J connectivity index is 0.00000128. The normalized spacial score (nSPS) is 10.1. The summed E-state index contributed by atoms with van der Waals surface area (Å²) in [6, 6.07) is 1.78. The van der Waals surface area contributed by atoms with Crippen LogP contribution in [0.15, 0.2) is 24.8 Å². The molecular formula is C10H9Cl3N2O. The van der Waals surface area contributed by atoms with Crippen molar-refractivity contribution in [3.63, 3.8) is 0 Å². The summed E-state index contributed by atoms with van der Waals surface area (Å²) in [4.78, 5) is 14.7. The Morgan fingerprint density at radius 2 is 2.25 bits per heavy atom. The highest BCUT2D eigenvalue weighted by Crippen LogP contribution is 2.22. The molecule has 0 bridgehead atoms. The minimum absolute atomic E-state index is 0. The van der Waals surface area contributed by atoms with E-state index in [9.17, 15) is 4.79 Å². The number of hydrogen-bond donors (Lipinski definition) is 0. The molecule has 0 aliphatic rings. The zero-order valence-corrected chi connectivity index (χ0v) is 10.5. The fraction of sp³-hybridized carbons (Fsp3) is 0.200. The van der Waals surface area contributed by atoms with Crippen molar-refractivity contribution in [1.29, 1.82) is 0 Å². The molecule has 2 heterocycles. The number of aryl methyl sites for hydroxylation is 1. The number of hydrogen-bond acceptors (Lipinski definition) is 2. The molecule has 0 saturated heterocycles. The summed E-state index contributed by atoms with van der Waals surface area (Å²) < 4.78 is 1.86. The van der Waals surface area contributed by atoms with E-state index in [1.807, 2.05) is 10.6 Å². The molecule has 0 aliphatic carbocycles. The minimum atomic E-state index is -0.354. The molecule has 0 aromatic carbocycles. The summed E-state index contributed by atoms with van der Waals surface area (Å²) in [7, 11) is 0. The van der Waals surface area contributed by atoms with E-state index in [-0.39, 0.29) is 24.1 Å². The van der Waals surface area contributed by atoms with Crippen molar-refractivity contribution in [3.8, 4) is 0 Å². The van der Waals surface area contributed by atoms with Crippen LogP contribution in [0.1, 0.15) is 12.0 Å². The van der Waals surface area contributed by atoms with Crippen LogP contribution in [0.3, 0.4) is 0 Å². The number of imidazole rings is 1. The molecule has 0 unspecified atom stereocenters. The van der Waals surface area contributed by atoms with Crippen LogP contribution in [0.25, 0.3) is 5.52 Å². The van der Waals surface area contributed by atoms with Crippen LogP contribution in [-0.2, 0) is 11.2 Å². The predicted molar refractivity (Wildman–Crippen MR) is 66.6 cm³/mol. The van der Waals surface area contributed by atoms with Crippen molar-refractivity contribution in [1.82, 2.24) is 9.38 Å². The van der Waals surface area contributed by atoms with Gasteiger partial charge >= 0.3 is 0 Å². The van der Waals surface area contributed by atoms with Crippen molar-refractivity contribution in [3.05, 3.63) is 35.4 Å². The highest BCUT2D eigenvalue weighted by molar-refractivity contribution is 6.63. The third-order valence-corrected chi connectivity index (χ3v) is 2.76. The zero-order valence-electron chi connectivity index (χ0n) is 8.19. The number of halogens is 3. The Morgan fingerprint density at radius 1 is 1.50 bits per heavy atom. The van der Waals surface area contributed by atoms with E-state index in [1.165, 1.54) is 0 Å². The van der Waals surface area contributed by atoms with Gasteiger partial charge in [0.2, 0.25) is 5.24 Å². The van der Waals surface area contributed by atoms with Crippen LogP contribution >= 0.6 is 35.6 Å². The number of fused-ring (bicyclic) bond motifs is 1. The van der Waals surface area contributed by atoms with Crippen molar-refractivity contribution >= 4 is 46.4 Å². The van der Waals surface area contributed by atoms with Gasteiger partial charge in [0.05, 0.1) is 18.0 Å². The van der Waals surface area contributed by atoms with Crippen LogP contribution in [-0.4, -0.2) is 14.6 Å². The van der Waals surface area contributed by atoms with Gasteiger partial charge in [-0.3, -0.25) is 4.79 Å². The van der Waals surface area contributed by atoms with Gasteiger partial charge in [0.15, 0.2) is 0 Å². The summed E-state index contributed by atoms with van der Waals surface area (Å²) in [5, 5.41) is 0.286. The lowest BCUT2D eigenvalue weighted by atomic mass is 10.1. The summed E-state index contributed by atoms with van der Waals surface area (Å²) in [5.41, 5.74) is 1.83. The van der Waals surface area contributed by atoms with E-state index < -0.39 is 0 Å². The van der Waals surface area contributed by atoms with Gasteiger partial charge in [0.25, 0.3) is 0 Å². The van der Waals surface area contributed by atoms with Gasteiger partial charge in [0, 0.05) is 17.6 Å². The van der Waals surface area contributed by atoms with E-state index in [2.05, 4.69) is 4.98 Å². The van der Waals surface area contributed by atoms with Crippen LogP contribution < -0.4 is 0 Å². The van der Waals surface area contributed by atoms with Crippen LogP contribution in [0.4, 0.5) is 0 Å². The first-order valence-corrected chi connectivity index (χ1v) is 5.21. The topological polar surface area (TPSA) is 34.4 Å². The van der Waals surface area contributed by atoms with Crippen LogP contribution in [0.2, 0.25) is 5.02 Å². The quantitative estimate of drug-likeness (QED) is 0.809. The van der Waals surface area contributed by atoms with Crippen molar-refractivity contribution in [2.75, 3.05) is 0 Å². The number of pyridine rings is 1. The summed E-state index contributed by atoms with van der Waals surface area (Å²) >= 11 is 11.3. The predicted octanol–water partition coefficient (Wildman–Crippen LogP) is 3.11. The Morgan fingerprint density at radius 3 is 2.94 bits per heavy atom. The van der Waals surface area contributed by atoms with Crippen molar-refractivity contribution < 1.29 is 4.79 Å². The van der Waals surface area contributed by atoms with E-state index in [0.717, 1.165) is 11.1 Å². The summed E-state index contributed by atoms with van der Waals surface area (Å²) in [6.45, 7) is 0. The number of carbonyl (C=O) groups is 1. The van der Waals surface area contributed by atoms with Gasteiger partial charge in [-0.05, 0) is 29.7 Å². The molecule has 0 amide bonds. The molecule has 16 heavy (non-hydrogen) atoms. The first-order valence-electron chi connectivity index (χ1n) is 4.46. The van der Waals surface area contributed by atoms with Crippen LogP contribution in [0, 0.1) is 0 Å². The molecule has 0 radical (unpaired) electrons. The van der Waals surface area contributed by atoms with Gasteiger partial charge < -0.3 is 4.40 Å². The molecular weight excluding hydrogens is 270 g/mol. The third-order valence-electron chi connectivity index (χ3n) is 2.22. The monoisotopic (exact) mass is 278 g/mol. The van der Waals surface area contributed by atoms with Crippen LogP contribution in [0.5, 0.6) is 0 Å². The lowest BCUT2D eigenvalue weighted by Crippen LogP contribution is -1.96. The fourth-order valence-corrected chi connectivity index (χ4v) is 1.84. The maximum Gasteiger partial charge on any atom is 0.221 e. The maximum atomic E-state index is 10.7. The average Bonchev–Trinajstić information content (AvgIpc) is 2.63. The Bertz CT molecular complexity index is 510. The molecule has 0 spiro atoms. The molecule has 0 N–H and O–H groups in total. The molecule has 86 valence electrons. The van der Waals surface area contributed by atoms with Gasteiger partial charge in [0.1, 0.15) is 0 Å². The molecule has 0 atom stereocenters. The van der Waals surface area contributed by atoms with Gasteiger partial charge in [-0.25, -0.2) is 4.98 Å². The molecule has 2 aromatic heterocycles. The molecule has 0 aliphatic heterocycles. The van der Waals surface area contributed by atoms with Gasteiger partial charge in [-0.15, -0.1) is 12.4 Å². The number of aromatic nitrogens is 2. The molecule has 6 heteroatoms. The Kier molecular flexibility index (Phi) is 4.59. The first-order chi connectivity index (χ1) is 7.18. The van der Waals surface area contributed by atoms with Gasteiger partial charge in [-0.2, -0.15) is 0 Å². The molecule has 3 nitrogen and oxygen atoms in total. The van der Waals surface area contributed by atoms with Gasteiger partial charge in [-0.1, -0.05) is 11.6 Å². The second kappa shape index (κ2) is 5.53. The summed E-state index contributed by atoms with van der Waals surface area (Å²) in [6.07, 6.45) is 6.07. The first kappa shape index (κ1) is 13.3. The second-order valence-electron chi connectivity index (χ2n) is 3.18. The highest BCUT2D eigenvalue weighted by atomic mass is 35.5.